The Labute approximate surface area is 54.8 Å². The van der Waals surface area contributed by atoms with Gasteiger partial charge in [0.25, 0.3) is 0 Å². The van der Waals surface area contributed by atoms with Crippen molar-refractivity contribution in [2.24, 2.45) is 5.92 Å². The standard InChI is InChI=1S/C7H11NO/c9-8-6-7-4-2-1-3-5-7/h1-4,7-9H,5-6H2/t7-/m0/s1. The van der Waals surface area contributed by atoms with Crippen molar-refractivity contribution in [1.29, 1.82) is 0 Å². The van der Waals surface area contributed by atoms with Crippen LogP contribution in [0.4, 0.5) is 0 Å². The first-order valence-corrected chi connectivity index (χ1v) is 3.14. The lowest BCUT2D eigenvalue weighted by molar-refractivity contribution is 0.156. The van der Waals surface area contributed by atoms with Gasteiger partial charge in [0.2, 0.25) is 0 Å². The van der Waals surface area contributed by atoms with Crippen LogP contribution in [0.15, 0.2) is 24.3 Å². The minimum Gasteiger partial charge on any atom is -0.317 e. The average molecular weight is 125 g/mol. The van der Waals surface area contributed by atoms with Crippen molar-refractivity contribution in [2.75, 3.05) is 6.54 Å². The summed E-state index contributed by atoms with van der Waals surface area (Å²) in [7, 11) is 0. The van der Waals surface area contributed by atoms with Crippen LogP contribution in [0, 0.1) is 5.92 Å². The summed E-state index contributed by atoms with van der Waals surface area (Å²) in [6, 6.07) is 0. The Morgan fingerprint density at radius 1 is 1.56 bits per heavy atom. The smallest absolute Gasteiger partial charge is 0.0273 e. The quantitative estimate of drug-likeness (QED) is 0.541. The molecule has 0 heterocycles. The monoisotopic (exact) mass is 125 g/mol. The molecule has 1 aliphatic carbocycles. The van der Waals surface area contributed by atoms with Crippen LogP contribution in [0.25, 0.3) is 0 Å². The molecule has 0 saturated carbocycles. The Bertz CT molecular complexity index is 129. The van der Waals surface area contributed by atoms with Gasteiger partial charge < -0.3 is 5.21 Å². The second-order valence-corrected chi connectivity index (χ2v) is 2.17. The second-order valence-electron chi connectivity index (χ2n) is 2.17. The highest BCUT2D eigenvalue weighted by Crippen LogP contribution is 2.08. The van der Waals surface area contributed by atoms with Crippen LogP contribution in [0.3, 0.4) is 0 Å². The van der Waals surface area contributed by atoms with Gasteiger partial charge in [-0.1, -0.05) is 24.3 Å². The molecule has 2 heteroatoms. The van der Waals surface area contributed by atoms with Gasteiger partial charge >= 0.3 is 0 Å². The third-order valence-electron chi connectivity index (χ3n) is 1.42. The van der Waals surface area contributed by atoms with Gasteiger partial charge in [0.05, 0.1) is 0 Å². The van der Waals surface area contributed by atoms with Crippen molar-refractivity contribution < 1.29 is 5.21 Å². The van der Waals surface area contributed by atoms with Crippen molar-refractivity contribution in [2.45, 2.75) is 6.42 Å². The molecule has 0 bridgehead atoms. The maximum atomic E-state index is 8.31. The number of hydrogen-bond acceptors (Lipinski definition) is 2. The summed E-state index contributed by atoms with van der Waals surface area (Å²) in [6.45, 7) is 0.654. The summed E-state index contributed by atoms with van der Waals surface area (Å²) in [4.78, 5) is 0. The Kier molecular flexibility index (Phi) is 2.48. The zero-order chi connectivity index (χ0) is 6.53. The van der Waals surface area contributed by atoms with Gasteiger partial charge in [0.1, 0.15) is 0 Å². The topological polar surface area (TPSA) is 32.3 Å². The molecule has 0 aromatic heterocycles. The maximum absolute atomic E-state index is 8.31. The highest BCUT2D eigenvalue weighted by atomic mass is 16.5. The molecule has 1 atom stereocenters. The molecule has 0 radical (unpaired) electrons. The highest BCUT2D eigenvalue weighted by molar-refractivity contribution is 5.10. The van der Waals surface area contributed by atoms with E-state index in [0.29, 0.717) is 12.5 Å². The van der Waals surface area contributed by atoms with Crippen molar-refractivity contribution in [1.82, 2.24) is 5.48 Å². The molecular weight excluding hydrogens is 114 g/mol. The number of allylic oxidation sites excluding steroid dienone is 3. The molecule has 0 fully saturated rings. The van der Waals surface area contributed by atoms with Gasteiger partial charge in [0, 0.05) is 6.54 Å². The van der Waals surface area contributed by atoms with Crippen LogP contribution >= 0.6 is 0 Å². The van der Waals surface area contributed by atoms with Crippen molar-refractivity contribution in [3.8, 4) is 0 Å². The van der Waals surface area contributed by atoms with Crippen LogP contribution in [-0.4, -0.2) is 11.8 Å². The third kappa shape index (κ3) is 2.00. The van der Waals surface area contributed by atoms with Crippen LogP contribution in [-0.2, 0) is 0 Å². The molecule has 0 aliphatic heterocycles. The first kappa shape index (κ1) is 6.52. The van der Waals surface area contributed by atoms with E-state index < -0.39 is 0 Å². The van der Waals surface area contributed by atoms with E-state index in [9.17, 15) is 0 Å². The van der Waals surface area contributed by atoms with Gasteiger partial charge in [0.15, 0.2) is 0 Å². The Morgan fingerprint density at radius 2 is 2.44 bits per heavy atom. The van der Waals surface area contributed by atoms with Crippen molar-refractivity contribution in [3.63, 3.8) is 0 Å². The third-order valence-corrected chi connectivity index (χ3v) is 1.42. The fraction of sp³-hybridized carbons (Fsp3) is 0.429. The van der Waals surface area contributed by atoms with Crippen LogP contribution in [0.5, 0.6) is 0 Å². The Hall–Kier alpha value is -0.600. The van der Waals surface area contributed by atoms with E-state index in [-0.39, 0.29) is 0 Å². The summed E-state index contributed by atoms with van der Waals surface area (Å²) in [6.07, 6.45) is 9.24. The minimum absolute atomic E-state index is 0.472. The van der Waals surface area contributed by atoms with Gasteiger partial charge in [-0.3, -0.25) is 0 Å². The molecule has 1 rings (SSSR count). The van der Waals surface area contributed by atoms with E-state index >= 15 is 0 Å². The minimum atomic E-state index is 0.472. The first-order chi connectivity index (χ1) is 4.43. The first-order valence-electron chi connectivity index (χ1n) is 3.14. The van der Waals surface area contributed by atoms with Gasteiger partial charge in [-0.25, -0.2) is 5.48 Å². The SMILES string of the molecule is ONC[C@H]1C=CC=CC1. The molecule has 50 valence electrons. The summed E-state index contributed by atoms with van der Waals surface area (Å²) >= 11 is 0. The number of nitrogens with one attached hydrogen (secondary N) is 1. The van der Waals surface area contributed by atoms with Gasteiger partial charge in [-0.15, -0.1) is 0 Å². The predicted molar refractivity (Wildman–Crippen MR) is 36.2 cm³/mol. The zero-order valence-corrected chi connectivity index (χ0v) is 5.25. The average Bonchev–Trinajstić information content (AvgIpc) is 1.91. The molecular formula is C7H11NO. The molecule has 0 amide bonds. The molecule has 0 saturated heterocycles. The molecule has 9 heavy (non-hydrogen) atoms. The van der Waals surface area contributed by atoms with E-state index in [1.165, 1.54) is 0 Å². The van der Waals surface area contributed by atoms with E-state index in [4.69, 9.17) is 5.21 Å². The van der Waals surface area contributed by atoms with E-state index in [0.717, 1.165) is 6.42 Å². The molecule has 0 aromatic rings. The molecule has 0 unspecified atom stereocenters. The van der Waals surface area contributed by atoms with Crippen molar-refractivity contribution in [3.05, 3.63) is 24.3 Å². The highest BCUT2D eigenvalue weighted by Gasteiger charge is 2.01. The molecule has 0 aromatic carbocycles. The normalized spacial score (nSPS) is 24.8. The number of hydrogen-bond donors (Lipinski definition) is 2. The number of rotatable bonds is 2. The lowest BCUT2D eigenvalue weighted by atomic mass is 10.0. The lowest BCUT2D eigenvalue weighted by Gasteiger charge is -2.09. The van der Waals surface area contributed by atoms with Crippen molar-refractivity contribution >= 4 is 0 Å². The zero-order valence-electron chi connectivity index (χ0n) is 5.25. The summed E-state index contributed by atoms with van der Waals surface area (Å²) in [5.41, 5.74) is 2.15. The van der Waals surface area contributed by atoms with Gasteiger partial charge in [-0.2, -0.15) is 0 Å². The van der Waals surface area contributed by atoms with E-state index in [2.05, 4.69) is 17.6 Å². The number of hydroxylamine groups is 1. The summed E-state index contributed by atoms with van der Waals surface area (Å²) in [5, 5.41) is 8.31. The maximum Gasteiger partial charge on any atom is 0.0273 e. The van der Waals surface area contributed by atoms with Crippen LogP contribution in [0.1, 0.15) is 6.42 Å². The Morgan fingerprint density at radius 3 is 3.00 bits per heavy atom. The fourth-order valence-corrected chi connectivity index (χ4v) is 0.900. The molecule has 0 spiro atoms. The molecule has 1 aliphatic rings. The largest absolute Gasteiger partial charge is 0.317 e. The predicted octanol–water partition coefficient (Wildman–Crippen LogP) is 1.10. The van der Waals surface area contributed by atoms with E-state index in [1.807, 2.05) is 12.2 Å². The second kappa shape index (κ2) is 3.43. The van der Waals surface area contributed by atoms with E-state index in [1.54, 1.807) is 0 Å². The lowest BCUT2D eigenvalue weighted by Crippen LogP contribution is -2.17. The molecule has 2 N–H and O–H groups in total. The summed E-state index contributed by atoms with van der Waals surface area (Å²) < 4.78 is 0. The van der Waals surface area contributed by atoms with Crippen LogP contribution in [0.2, 0.25) is 0 Å². The fourth-order valence-electron chi connectivity index (χ4n) is 0.900. The van der Waals surface area contributed by atoms with Crippen LogP contribution < -0.4 is 5.48 Å². The Balaban J connectivity index is 2.28. The summed E-state index contributed by atoms with van der Waals surface area (Å²) in [5.74, 6) is 0.472. The van der Waals surface area contributed by atoms with Gasteiger partial charge in [-0.05, 0) is 12.3 Å². The molecule has 2 nitrogen and oxygen atoms in total.